The van der Waals surface area contributed by atoms with Crippen LogP contribution in [0, 0.1) is 0 Å². The number of halogens is 3. The van der Waals surface area contributed by atoms with Crippen LogP contribution in [0.15, 0.2) is 53.3 Å². The molecule has 2 N–H and O–H groups in total. The largest absolute Gasteiger partial charge is 0.418 e. The number of nitrogens with zero attached hydrogens (tertiary/aromatic N) is 1. The maximum Gasteiger partial charge on any atom is 0.418 e. The van der Waals surface area contributed by atoms with Crippen LogP contribution < -0.4 is 15.8 Å². The molecule has 1 amide bonds. The fraction of sp³-hybridized carbons (Fsp3) is 0.238. The van der Waals surface area contributed by atoms with E-state index in [4.69, 9.17) is 4.74 Å². The molecule has 0 spiro atoms. The monoisotopic (exact) mass is 417 g/mol. The summed E-state index contributed by atoms with van der Waals surface area (Å²) in [6, 6.07) is 11.5. The smallest absolute Gasteiger partial charge is 0.378 e. The van der Waals surface area contributed by atoms with Crippen molar-refractivity contribution in [3.8, 4) is 0 Å². The van der Waals surface area contributed by atoms with Crippen LogP contribution in [0.4, 0.5) is 24.5 Å². The Morgan fingerprint density at radius 2 is 1.80 bits per heavy atom. The molecule has 9 heteroatoms. The third kappa shape index (κ3) is 4.02. The van der Waals surface area contributed by atoms with E-state index in [1.807, 2.05) is 0 Å². The fourth-order valence-corrected chi connectivity index (χ4v) is 3.48. The number of hydrogen-bond acceptors (Lipinski definition) is 4. The number of aromatic amines is 1. The first-order chi connectivity index (χ1) is 14.3. The Balaban J connectivity index is 1.70. The Bertz CT molecular complexity index is 1150. The maximum absolute atomic E-state index is 13.7. The summed E-state index contributed by atoms with van der Waals surface area (Å²) in [6.45, 7) is 1.86. The first-order valence-electron chi connectivity index (χ1n) is 9.30. The molecule has 2 heterocycles. The molecule has 1 fully saturated rings. The number of H-pyrrole nitrogens is 1. The topological polar surface area (TPSA) is 74.4 Å². The number of para-hydroxylation sites is 1. The highest BCUT2D eigenvalue weighted by Gasteiger charge is 2.35. The second-order valence-corrected chi connectivity index (χ2v) is 6.87. The number of carbonyl (C=O) groups excluding carboxylic acids is 1. The molecular weight excluding hydrogens is 399 g/mol. The van der Waals surface area contributed by atoms with Crippen molar-refractivity contribution in [2.24, 2.45) is 0 Å². The van der Waals surface area contributed by atoms with Crippen molar-refractivity contribution in [3.63, 3.8) is 0 Å². The lowest BCUT2D eigenvalue weighted by Gasteiger charge is -2.29. The van der Waals surface area contributed by atoms with Gasteiger partial charge < -0.3 is 19.9 Å². The molecule has 3 aromatic rings. The number of ether oxygens (including phenoxy) is 1. The zero-order valence-corrected chi connectivity index (χ0v) is 15.8. The van der Waals surface area contributed by atoms with Crippen molar-refractivity contribution in [1.82, 2.24) is 4.98 Å². The van der Waals surface area contributed by atoms with E-state index >= 15 is 0 Å². The van der Waals surface area contributed by atoms with Crippen molar-refractivity contribution in [1.29, 1.82) is 0 Å². The van der Waals surface area contributed by atoms with Gasteiger partial charge in [-0.15, -0.1) is 0 Å². The molecule has 0 unspecified atom stereocenters. The molecule has 1 aliphatic heterocycles. The third-order valence-electron chi connectivity index (χ3n) is 4.93. The van der Waals surface area contributed by atoms with E-state index in [1.54, 1.807) is 29.2 Å². The van der Waals surface area contributed by atoms with Gasteiger partial charge in [-0.3, -0.25) is 9.59 Å². The van der Waals surface area contributed by atoms with Crippen LogP contribution >= 0.6 is 0 Å². The van der Waals surface area contributed by atoms with Crippen LogP contribution in [-0.4, -0.2) is 37.2 Å². The molecule has 0 radical (unpaired) electrons. The summed E-state index contributed by atoms with van der Waals surface area (Å²) in [4.78, 5) is 29.1. The number of carbonyl (C=O) groups is 1. The van der Waals surface area contributed by atoms with E-state index in [-0.39, 0.29) is 11.3 Å². The Hall–Kier alpha value is -3.33. The van der Waals surface area contributed by atoms with Crippen LogP contribution in [0.2, 0.25) is 0 Å². The van der Waals surface area contributed by atoms with Gasteiger partial charge in [0.2, 0.25) is 5.56 Å². The van der Waals surface area contributed by atoms with E-state index in [1.165, 1.54) is 12.1 Å². The Morgan fingerprint density at radius 1 is 1.07 bits per heavy atom. The molecule has 2 aromatic carbocycles. The van der Waals surface area contributed by atoms with Crippen molar-refractivity contribution in [3.05, 3.63) is 70.0 Å². The number of alkyl halides is 3. The number of rotatable bonds is 3. The van der Waals surface area contributed by atoms with Crippen molar-refractivity contribution in [2.45, 2.75) is 6.18 Å². The molecule has 0 bridgehead atoms. The molecule has 0 saturated carbocycles. The predicted octanol–water partition coefficient (Wildman–Crippen LogP) is 3.64. The average molecular weight is 417 g/mol. The summed E-state index contributed by atoms with van der Waals surface area (Å²) in [5.74, 6) is -0.790. The Morgan fingerprint density at radius 3 is 2.53 bits per heavy atom. The highest BCUT2D eigenvalue weighted by molar-refractivity contribution is 6.12. The van der Waals surface area contributed by atoms with Gasteiger partial charge in [0.25, 0.3) is 5.91 Å². The van der Waals surface area contributed by atoms with E-state index in [9.17, 15) is 22.8 Å². The third-order valence-corrected chi connectivity index (χ3v) is 4.93. The van der Waals surface area contributed by atoms with E-state index in [0.717, 1.165) is 12.1 Å². The molecule has 6 nitrogen and oxygen atoms in total. The van der Waals surface area contributed by atoms with Gasteiger partial charge in [0.1, 0.15) is 0 Å². The number of nitrogens with one attached hydrogen (secondary N) is 2. The Kier molecular flexibility index (Phi) is 5.21. The van der Waals surface area contributed by atoms with Crippen molar-refractivity contribution in [2.75, 3.05) is 36.5 Å². The van der Waals surface area contributed by atoms with Crippen LogP contribution in [0.25, 0.3) is 10.9 Å². The van der Waals surface area contributed by atoms with Crippen LogP contribution in [0.3, 0.4) is 0 Å². The first kappa shape index (κ1) is 20.0. The van der Waals surface area contributed by atoms with E-state index in [2.05, 4.69) is 10.3 Å². The van der Waals surface area contributed by atoms with E-state index in [0.29, 0.717) is 42.9 Å². The number of anilines is 2. The minimum Gasteiger partial charge on any atom is -0.378 e. The van der Waals surface area contributed by atoms with Gasteiger partial charge in [-0.05, 0) is 24.3 Å². The number of pyridine rings is 1. The minimum absolute atomic E-state index is 0.000250. The van der Waals surface area contributed by atoms with Crippen molar-refractivity contribution < 1.29 is 22.7 Å². The molecule has 0 aliphatic carbocycles. The summed E-state index contributed by atoms with van der Waals surface area (Å²) >= 11 is 0. The first-order valence-corrected chi connectivity index (χ1v) is 9.30. The molecular formula is C21H18F3N3O3. The quantitative estimate of drug-likeness (QED) is 0.683. The van der Waals surface area contributed by atoms with Gasteiger partial charge in [-0.2, -0.15) is 13.2 Å². The van der Waals surface area contributed by atoms with Gasteiger partial charge in [0, 0.05) is 35.7 Å². The van der Waals surface area contributed by atoms with Gasteiger partial charge in [0.15, 0.2) is 0 Å². The highest BCUT2D eigenvalue weighted by atomic mass is 19.4. The number of hydrogen-bond donors (Lipinski definition) is 2. The zero-order chi connectivity index (χ0) is 21.3. The molecule has 30 heavy (non-hydrogen) atoms. The second-order valence-electron chi connectivity index (χ2n) is 6.87. The fourth-order valence-electron chi connectivity index (χ4n) is 3.48. The second kappa shape index (κ2) is 7.83. The Labute approximate surface area is 169 Å². The van der Waals surface area contributed by atoms with Crippen LogP contribution in [0.1, 0.15) is 15.9 Å². The van der Waals surface area contributed by atoms with Crippen LogP contribution in [0.5, 0.6) is 0 Å². The SMILES string of the molecule is O=C(Nc1ccc(N2CCOCC2)cc1C(F)(F)F)c1cc(=O)[nH]c2ccccc12. The lowest BCUT2D eigenvalue weighted by molar-refractivity contribution is -0.136. The van der Waals surface area contributed by atoms with Crippen molar-refractivity contribution >= 4 is 28.2 Å². The molecule has 1 saturated heterocycles. The number of aromatic nitrogens is 1. The molecule has 1 aliphatic rings. The lowest BCUT2D eigenvalue weighted by atomic mass is 10.1. The van der Waals surface area contributed by atoms with Gasteiger partial charge in [0.05, 0.1) is 30.0 Å². The van der Waals surface area contributed by atoms with Gasteiger partial charge in [-0.1, -0.05) is 18.2 Å². The highest BCUT2D eigenvalue weighted by Crippen LogP contribution is 2.37. The van der Waals surface area contributed by atoms with Gasteiger partial charge in [-0.25, -0.2) is 0 Å². The van der Waals surface area contributed by atoms with Gasteiger partial charge >= 0.3 is 6.18 Å². The minimum atomic E-state index is -4.67. The normalized spacial score (nSPS) is 14.7. The average Bonchev–Trinajstić information content (AvgIpc) is 2.73. The molecule has 0 atom stereocenters. The molecule has 156 valence electrons. The zero-order valence-electron chi connectivity index (χ0n) is 15.8. The lowest BCUT2D eigenvalue weighted by Crippen LogP contribution is -2.36. The summed E-state index contributed by atoms with van der Waals surface area (Å²) in [5, 5.41) is 2.77. The standard InChI is InChI=1S/C21H18F3N3O3/c22-21(23,24)16-11-13(27-7-9-30-10-8-27)5-6-18(16)26-20(29)15-12-19(28)25-17-4-2-1-3-14(15)17/h1-6,11-12H,7-10H2,(H,25,28)(H,26,29). The number of benzene rings is 2. The number of fused-ring (bicyclic) bond motifs is 1. The number of amides is 1. The van der Waals surface area contributed by atoms with Crippen LogP contribution in [-0.2, 0) is 10.9 Å². The summed E-state index contributed by atoms with van der Waals surface area (Å²) in [7, 11) is 0. The number of morpholine rings is 1. The van der Waals surface area contributed by atoms with E-state index < -0.39 is 23.2 Å². The maximum atomic E-state index is 13.7. The summed E-state index contributed by atoms with van der Waals surface area (Å²) in [5.41, 5.74) is -1.00. The predicted molar refractivity (Wildman–Crippen MR) is 107 cm³/mol. The molecule has 4 rings (SSSR count). The summed E-state index contributed by atoms with van der Waals surface area (Å²) < 4.78 is 46.4. The summed E-state index contributed by atoms with van der Waals surface area (Å²) in [6.07, 6.45) is -4.67. The molecule has 1 aromatic heterocycles.